The number of halogens is 1. The Morgan fingerprint density at radius 2 is 1.76 bits per heavy atom. The number of pyridine rings is 1. The molecule has 4 aromatic rings. The number of nitrogens with zero attached hydrogens (tertiary/aromatic N) is 2. The van der Waals surface area contributed by atoms with Gasteiger partial charge in [0, 0.05) is 46.4 Å². The van der Waals surface area contributed by atoms with Crippen molar-refractivity contribution in [2.24, 2.45) is 0 Å². The molecule has 1 amide bonds. The van der Waals surface area contributed by atoms with E-state index in [-0.39, 0.29) is 22.8 Å². The van der Waals surface area contributed by atoms with Gasteiger partial charge in [-0.25, -0.2) is 9.97 Å². The lowest BCUT2D eigenvalue weighted by atomic mass is 10.0. The second-order valence-electron chi connectivity index (χ2n) is 7.21. The van der Waals surface area contributed by atoms with Crippen LogP contribution in [-0.2, 0) is 17.0 Å². The first kappa shape index (κ1) is 22.7. The second kappa shape index (κ2) is 10.4. The molecule has 0 aliphatic heterocycles. The smallest absolute Gasteiger partial charge is 0.251 e. The zero-order chi connectivity index (χ0) is 23.2. The number of aromatic nitrogens is 3. The molecular weight excluding hydrogens is 460 g/mol. The van der Waals surface area contributed by atoms with Crippen LogP contribution in [0.2, 0.25) is 5.02 Å². The fraction of sp³-hybridized carbons (Fsp3) is 0.125. The van der Waals surface area contributed by atoms with Gasteiger partial charge in [-0.2, -0.15) is 0 Å². The zero-order valence-corrected chi connectivity index (χ0v) is 18.9. The minimum atomic E-state index is -0.868. The summed E-state index contributed by atoms with van der Waals surface area (Å²) in [6.07, 6.45) is 3.37. The number of thioether (sulfide) groups is 1. The van der Waals surface area contributed by atoms with Gasteiger partial charge in [0.25, 0.3) is 5.91 Å². The third-order valence-electron chi connectivity index (χ3n) is 4.92. The van der Waals surface area contributed by atoms with Crippen LogP contribution < -0.4 is 10.9 Å². The van der Waals surface area contributed by atoms with Gasteiger partial charge in [-0.1, -0.05) is 41.6 Å². The fourth-order valence-corrected chi connectivity index (χ4v) is 4.23. The van der Waals surface area contributed by atoms with Crippen molar-refractivity contribution >= 4 is 45.3 Å². The van der Waals surface area contributed by atoms with E-state index in [1.54, 1.807) is 48.8 Å². The minimum Gasteiger partial charge on any atom is -0.341 e. The predicted molar refractivity (Wildman–Crippen MR) is 129 cm³/mol. The topological polar surface area (TPSA) is 105 Å². The van der Waals surface area contributed by atoms with Gasteiger partial charge < -0.3 is 10.3 Å². The Balaban J connectivity index is 1.60. The molecule has 0 bridgehead atoms. The normalized spacial score (nSPS) is 11.8. The van der Waals surface area contributed by atoms with Crippen molar-refractivity contribution in [1.82, 2.24) is 20.3 Å². The molecule has 7 nitrogen and oxygen atoms in total. The van der Waals surface area contributed by atoms with Gasteiger partial charge in [0.15, 0.2) is 0 Å². The Morgan fingerprint density at radius 1 is 1.03 bits per heavy atom. The number of H-pyrrole nitrogens is 1. The summed E-state index contributed by atoms with van der Waals surface area (Å²) in [5.41, 5.74) is 1.44. The molecule has 0 saturated carbocycles. The van der Waals surface area contributed by atoms with Gasteiger partial charge in [-0.15, -0.1) is 0 Å². The molecule has 0 aliphatic rings. The van der Waals surface area contributed by atoms with E-state index in [4.69, 9.17) is 11.6 Å². The molecule has 0 spiro atoms. The Labute approximate surface area is 198 Å². The first-order valence-electron chi connectivity index (χ1n) is 10.1. The predicted octanol–water partition coefficient (Wildman–Crippen LogP) is 3.77. The summed E-state index contributed by atoms with van der Waals surface area (Å²) in [6, 6.07) is 16.0. The monoisotopic (exact) mass is 478 g/mol. The van der Waals surface area contributed by atoms with Crippen molar-refractivity contribution in [2.75, 3.05) is 0 Å². The standard InChI is InChI=1S/C24H19ClN4O3S/c25-17-8-6-15(7-9-17)23(31)29-20(24(32)33-14-21-26-10-3-11-27-21)12-16-13-22(30)28-19-5-2-1-4-18(16)19/h1-11,13,20H,12,14H2,(H,28,30)(H,29,31). The van der Waals surface area contributed by atoms with E-state index in [2.05, 4.69) is 20.3 Å². The number of amides is 1. The number of carbonyl (C=O) groups is 2. The molecule has 33 heavy (non-hydrogen) atoms. The number of rotatable bonds is 7. The first-order valence-corrected chi connectivity index (χ1v) is 11.5. The fourth-order valence-electron chi connectivity index (χ4n) is 3.34. The highest BCUT2D eigenvalue weighted by Gasteiger charge is 2.24. The first-order chi connectivity index (χ1) is 16.0. The summed E-state index contributed by atoms with van der Waals surface area (Å²) in [5.74, 6) is 0.374. The highest BCUT2D eigenvalue weighted by Crippen LogP contribution is 2.20. The summed E-state index contributed by atoms with van der Waals surface area (Å²) < 4.78 is 0. The lowest BCUT2D eigenvalue weighted by Crippen LogP contribution is -2.41. The molecule has 0 radical (unpaired) electrons. The number of hydrogen-bond donors (Lipinski definition) is 2. The van der Waals surface area contributed by atoms with Crippen LogP contribution in [0.15, 0.2) is 77.9 Å². The van der Waals surface area contributed by atoms with Crippen LogP contribution in [0.3, 0.4) is 0 Å². The maximum Gasteiger partial charge on any atom is 0.251 e. The quantitative estimate of drug-likeness (QED) is 0.419. The van der Waals surface area contributed by atoms with E-state index in [1.165, 1.54) is 6.07 Å². The number of benzene rings is 2. The van der Waals surface area contributed by atoms with Gasteiger partial charge in [-0.3, -0.25) is 14.4 Å². The molecular formula is C24H19ClN4O3S. The summed E-state index contributed by atoms with van der Waals surface area (Å²) in [5, 5.41) is 3.88. The molecule has 2 aromatic carbocycles. The van der Waals surface area contributed by atoms with Gasteiger partial charge in [0.05, 0.1) is 5.75 Å². The Morgan fingerprint density at radius 3 is 2.52 bits per heavy atom. The van der Waals surface area contributed by atoms with E-state index in [0.29, 0.717) is 27.5 Å². The molecule has 0 saturated heterocycles. The molecule has 1 unspecified atom stereocenters. The van der Waals surface area contributed by atoms with E-state index < -0.39 is 11.9 Å². The van der Waals surface area contributed by atoms with Crippen molar-refractivity contribution in [2.45, 2.75) is 18.2 Å². The van der Waals surface area contributed by atoms with E-state index in [0.717, 1.165) is 17.1 Å². The number of nitrogens with one attached hydrogen (secondary N) is 2. The van der Waals surface area contributed by atoms with Crippen molar-refractivity contribution in [1.29, 1.82) is 0 Å². The number of fused-ring (bicyclic) bond motifs is 1. The highest BCUT2D eigenvalue weighted by atomic mass is 35.5. The van der Waals surface area contributed by atoms with Gasteiger partial charge in [-0.05, 0) is 42.0 Å². The third kappa shape index (κ3) is 5.85. The Hall–Kier alpha value is -3.49. The molecule has 166 valence electrons. The number of para-hydroxylation sites is 1. The molecule has 9 heteroatoms. The van der Waals surface area contributed by atoms with Crippen LogP contribution in [0.1, 0.15) is 21.7 Å². The van der Waals surface area contributed by atoms with Crippen LogP contribution in [0.25, 0.3) is 10.9 Å². The largest absolute Gasteiger partial charge is 0.341 e. The van der Waals surface area contributed by atoms with Gasteiger partial charge >= 0.3 is 0 Å². The molecule has 2 aromatic heterocycles. The molecule has 0 aliphatic carbocycles. The maximum absolute atomic E-state index is 13.1. The molecule has 2 heterocycles. The van der Waals surface area contributed by atoms with Crippen molar-refractivity contribution < 1.29 is 9.59 Å². The van der Waals surface area contributed by atoms with Crippen LogP contribution in [-0.4, -0.2) is 32.0 Å². The number of hydrogen-bond acceptors (Lipinski definition) is 6. The average Bonchev–Trinajstić information content (AvgIpc) is 2.83. The molecule has 1 atom stereocenters. The summed E-state index contributed by atoms with van der Waals surface area (Å²) in [4.78, 5) is 49.2. The third-order valence-corrected chi connectivity index (χ3v) is 6.14. The minimum absolute atomic E-state index is 0.158. The lowest BCUT2D eigenvalue weighted by Gasteiger charge is -2.18. The summed E-state index contributed by atoms with van der Waals surface area (Å²) in [6.45, 7) is 0. The van der Waals surface area contributed by atoms with E-state index in [9.17, 15) is 14.4 Å². The van der Waals surface area contributed by atoms with Crippen LogP contribution >= 0.6 is 23.4 Å². The van der Waals surface area contributed by atoms with E-state index >= 15 is 0 Å². The van der Waals surface area contributed by atoms with Crippen molar-refractivity contribution in [3.63, 3.8) is 0 Å². The Kier molecular flexibility index (Phi) is 7.16. The van der Waals surface area contributed by atoms with Gasteiger partial charge in [0.2, 0.25) is 10.7 Å². The molecule has 4 rings (SSSR count). The zero-order valence-electron chi connectivity index (χ0n) is 17.3. The molecule has 2 N–H and O–H groups in total. The van der Waals surface area contributed by atoms with Gasteiger partial charge in [0.1, 0.15) is 11.9 Å². The SMILES string of the molecule is O=C(NC(Cc1cc(=O)[nH]c2ccccc12)C(=O)SCc1ncccn1)c1ccc(Cl)cc1. The number of aromatic amines is 1. The van der Waals surface area contributed by atoms with Crippen molar-refractivity contribution in [3.8, 4) is 0 Å². The maximum atomic E-state index is 13.1. The average molecular weight is 479 g/mol. The van der Waals surface area contributed by atoms with Crippen molar-refractivity contribution in [3.05, 3.63) is 105 Å². The Bertz CT molecular complexity index is 1340. The summed E-state index contributed by atoms with van der Waals surface area (Å²) in [7, 11) is 0. The van der Waals surface area contributed by atoms with Crippen LogP contribution in [0, 0.1) is 0 Å². The highest BCUT2D eigenvalue weighted by molar-refractivity contribution is 8.13. The summed E-state index contributed by atoms with van der Waals surface area (Å²) >= 11 is 6.94. The lowest BCUT2D eigenvalue weighted by molar-refractivity contribution is -0.112. The van der Waals surface area contributed by atoms with Crippen LogP contribution in [0.4, 0.5) is 0 Å². The second-order valence-corrected chi connectivity index (χ2v) is 8.63. The van der Waals surface area contributed by atoms with Crippen LogP contribution in [0.5, 0.6) is 0 Å². The molecule has 0 fully saturated rings. The van der Waals surface area contributed by atoms with E-state index in [1.807, 2.05) is 18.2 Å². The number of carbonyl (C=O) groups excluding carboxylic acids is 2.